The summed E-state index contributed by atoms with van der Waals surface area (Å²) < 4.78 is 0. The van der Waals surface area contributed by atoms with Crippen molar-refractivity contribution in [3.8, 4) is 0 Å². The molecule has 206 valence electrons. The molecule has 3 aromatic rings. The Morgan fingerprint density at radius 3 is 2.40 bits per heavy atom. The Morgan fingerprint density at radius 2 is 1.75 bits per heavy atom. The molecule has 0 aromatic heterocycles. The summed E-state index contributed by atoms with van der Waals surface area (Å²) in [6, 6.07) is 19.9. The van der Waals surface area contributed by atoms with E-state index in [1.807, 2.05) is 30.3 Å². The van der Waals surface area contributed by atoms with Crippen molar-refractivity contribution in [1.82, 2.24) is 10.2 Å². The zero-order valence-electron chi connectivity index (χ0n) is 22.1. The molecule has 11 heteroatoms. The van der Waals surface area contributed by atoms with E-state index in [1.54, 1.807) is 56.6 Å². The standard InChI is InChI=1S/C29H30ClN7O3/c1-32-33-19-37(31)26-15-12-23(30)18-22(26)11-16-27(38)35-25(17-20-7-5-4-6-8-20)28(39)34-24-13-9-21(10-14-24)29(40)36(2)3/h4-16,18-19,25H,1,17,31H2,2-3H3,(H,34,39)(H,35,38)/b16-11+,33-19-/t25-/m0/s1. The molecule has 10 nitrogen and oxygen atoms in total. The predicted molar refractivity (Wildman–Crippen MR) is 160 cm³/mol. The van der Waals surface area contributed by atoms with E-state index in [1.165, 1.54) is 28.4 Å². The van der Waals surface area contributed by atoms with Crippen LogP contribution in [0.5, 0.6) is 0 Å². The number of hydrazine groups is 1. The van der Waals surface area contributed by atoms with Crippen LogP contribution < -0.4 is 21.5 Å². The van der Waals surface area contributed by atoms with Gasteiger partial charge in [-0.15, -0.1) is 5.10 Å². The first-order valence-electron chi connectivity index (χ1n) is 12.2. The summed E-state index contributed by atoms with van der Waals surface area (Å²) in [5.74, 6) is 4.94. The molecule has 3 rings (SSSR count). The lowest BCUT2D eigenvalue weighted by atomic mass is 10.0. The summed E-state index contributed by atoms with van der Waals surface area (Å²) in [5.41, 5.74) is 2.90. The number of nitrogens with zero attached hydrogens (tertiary/aromatic N) is 4. The number of halogens is 1. The third-order valence-electron chi connectivity index (χ3n) is 5.66. The summed E-state index contributed by atoms with van der Waals surface area (Å²) >= 11 is 6.15. The van der Waals surface area contributed by atoms with E-state index in [4.69, 9.17) is 17.4 Å². The SMILES string of the molecule is C=N/N=C\N(N)c1ccc(Cl)cc1/C=C/C(=O)N[C@@H](Cc1ccccc1)C(=O)Nc1ccc(C(=O)N(C)C)cc1. The Kier molecular flexibility index (Phi) is 10.7. The Morgan fingerprint density at radius 1 is 1.05 bits per heavy atom. The largest absolute Gasteiger partial charge is 0.345 e. The molecule has 1 atom stereocenters. The van der Waals surface area contributed by atoms with E-state index in [0.717, 1.165) is 5.56 Å². The van der Waals surface area contributed by atoms with Crippen LogP contribution in [0.25, 0.3) is 6.08 Å². The molecular formula is C29H30ClN7O3. The fourth-order valence-corrected chi connectivity index (χ4v) is 3.86. The molecule has 0 unspecified atom stereocenters. The molecule has 0 heterocycles. The minimum absolute atomic E-state index is 0.149. The van der Waals surface area contributed by atoms with Crippen LogP contribution in [-0.4, -0.2) is 55.8 Å². The van der Waals surface area contributed by atoms with Crippen molar-refractivity contribution in [2.75, 3.05) is 24.4 Å². The van der Waals surface area contributed by atoms with Gasteiger partial charge in [0.25, 0.3) is 5.91 Å². The number of hydrogen-bond donors (Lipinski definition) is 3. The normalized spacial score (nSPS) is 11.7. The van der Waals surface area contributed by atoms with Crippen LogP contribution in [0.2, 0.25) is 5.02 Å². The van der Waals surface area contributed by atoms with Gasteiger partial charge in [-0.1, -0.05) is 41.9 Å². The third-order valence-corrected chi connectivity index (χ3v) is 5.90. The van der Waals surface area contributed by atoms with Crippen molar-refractivity contribution in [3.05, 3.63) is 101 Å². The van der Waals surface area contributed by atoms with Crippen LogP contribution in [0.15, 0.2) is 89.1 Å². The zero-order valence-corrected chi connectivity index (χ0v) is 22.9. The molecule has 40 heavy (non-hydrogen) atoms. The molecule has 0 aliphatic carbocycles. The average Bonchev–Trinajstić information content (AvgIpc) is 2.95. The number of carbonyl (C=O) groups excluding carboxylic acids is 3. The molecule has 3 amide bonds. The van der Waals surface area contributed by atoms with Crippen LogP contribution >= 0.6 is 11.6 Å². The first-order chi connectivity index (χ1) is 19.2. The summed E-state index contributed by atoms with van der Waals surface area (Å²) in [4.78, 5) is 39.8. The number of anilines is 2. The van der Waals surface area contributed by atoms with E-state index < -0.39 is 17.9 Å². The minimum atomic E-state index is -0.890. The predicted octanol–water partition coefficient (Wildman–Crippen LogP) is 3.75. The summed E-state index contributed by atoms with van der Waals surface area (Å²) in [6.45, 7) is 3.27. The van der Waals surface area contributed by atoms with Crippen molar-refractivity contribution in [1.29, 1.82) is 0 Å². The monoisotopic (exact) mass is 559 g/mol. The van der Waals surface area contributed by atoms with Gasteiger partial charge >= 0.3 is 0 Å². The number of carbonyl (C=O) groups is 3. The second-order valence-electron chi connectivity index (χ2n) is 8.83. The van der Waals surface area contributed by atoms with Crippen LogP contribution in [0.1, 0.15) is 21.5 Å². The lowest BCUT2D eigenvalue weighted by Crippen LogP contribution is -2.44. The van der Waals surface area contributed by atoms with Crippen molar-refractivity contribution >= 4 is 59.8 Å². The molecule has 3 aromatic carbocycles. The Hall–Kier alpha value is -4.80. The lowest BCUT2D eigenvalue weighted by Gasteiger charge is -2.18. The summed E-state index contributed by atoms with van der Waals surface area (Å²) in [6.07, 6.45) is 4.34. The van der Waals surface area contributed by atoms with Crippen LogP contribution in [-0.2, 0) is 16.0 Å². The van der Waals surface area contributed by atoms with Crippen molar-refractivity contribution < 1.29 is 14.4 Å². The molecule has 0 bridgehead atoms. The number of rotatable bonds is 11. The summed E-state index contributed by atoms with van der Waals surface area (Å²) in [5, 5.41) is 14.3. The molecule has 0 spiro atoms. The molecule has 0 aliphatic heterocycles. The van der Waals surface area contributed by atoms with Gasteiger partial charge in [0, 0.05) is 55.1 Å². The number of hydrogen-bond acceptors (Lipinski definition) is 6. The number of benzene rings is 3. The van der Waals surface area contributed by atoms with Crippen molar-refractivity contribution in [3.63, 3.8) is 0 Å². The van der Waals surface area contributed by atoms with Gasteiger partial charge in [0.15, 0.2) is 0 Å². The first kappa shape index (κ1) is 29.8. The molecule has 4 N–H and O–H groups in total. The first-order valence-corrected chi connectivity index (χ1v) is 12.5. The van der Waals surface area contributed by atoms with Gasteiger partial charge in [-0.3, -0.25) is 19.4 Å². The van der Waals surface area contributed by atoms with Gasteiger partial charge in [0.1, 0.15) is 12.4 Å². The van der Waals surface area contributed by atoms with Gasteiger partial charge in [0.2, 0.25) is 11.8 Å². The smallest absolute Gasteiger partial charge is 0.253 e. The van der Waals surface area contributed by atoms with E-state index in [0.29, 0.717) is 27.5 Å². The van der Waals surface area contributed by atoms with Crippen molar-refractivity contribution in [2.45, 2.75) is 12.5 Å². The molecular weight excluding hydrogens is 530 g/mol. The molecule has 0 saturated heterocycles. The maximum absolute atomic E-state index is 13.2. The van der Waals surface area contributed by atoms with E-state index >= 15 is 0 Å². The molecule has 0 radical (unpaired) electrons. The van der Waals surface area contributed by atoms with Gasteiger partial charge < -0.3 is 15.5 Å². The zero-order chi connectivity index (χ0) is 29.1. The lowest BCUT2D eigenvalue weighted by molar-refractivity contribution is -0.123. The summed E-state index contributed by atoms with van der Waals surface area (Å²) in [7, 11) is 3.33. The quantitative estimate of drug-likeness (QED) is 0.108. The molecule has 0 aliphatic rings. The van der Waals surface area contributed by atoms with Gasteiger partial charge in [0.05, 0.1) is 5.69 Å². The van der Waals surface area contributed by atoms with Gasteiger partial charge in [-0.05, 0) is 54.1 Å². The van der Waals surface area contributed by atoms with Crippen LogP contribution in [0.3, 0.4) is 0 Å². The Balaban J connectivity index is 1.78. The van der Waals surface area contributed by atoms with Crippen LogP contribution in [0.4, 0.5) is 11.4 Å². The highest BCUT2D eigenvalue weighted by atomic mass is 35.5. The Bertz CT molecular complexity index is 1410. The Labute approximate surface area is 237 Å². The average molecular weight is 560 g/mol. The second-order valence-corrected chi connectivity index (χ2v) is 9.27. The van der Waals surface area contributed by atoms with Gasteiger partial charge in [-0.2, -0.15) is 5.10 Å². The second kappa shape index (κ2) is 14.4. The highest BCUT2D eigenvalue weighted by molar-refractivity contribution is 6.30. The maximum Gasteiger partial charge on any atom is 0.253 e. The fraction of sp³-hybridized carbons (Fsp3) is 0.138. The number of nitrogens with two attached hydrogens (primary N) is 1. The van der Waals surface area contributed by atoms with E-state index in [-0.39, 0.29) is 12.3 Å². The highest BCUT2D eigenvalue weighted by Gasteiger charge is 2.21. The molecule has 0 fully saturated rings. The highest BCUT2D eigenvalue weighted by Crippen LogP contribution is 2.23. The van der Waals surface area contributed by atoms with E-state index in [9.17, 15) is 14.4 Å². The third kappa shape index (κ3) is 8.62. The van der Waals surface area contributed by atoms with Gasteiger partial charge in [-0.25, -0.2) is 5.84 Å². The number of amides is 3. The van der Waals surface area contributed by atoms with Crippen LogP contribution in [0, 0.1) is 0 Å². The fourth-order valence-electron chi connectivity index (χ4n) is 3.68. The van der Waals surface area contributed by atoms with Crippen molar-refractivity contribution in [2.24, 2.45) is 16.0 Å². The molecule has 0 saturated carbocycles. The topological polar surface area (TPSA) is 132 Å². The van der Waals surface area contributed by atoms with E-state index in [2.05, 4.69) is 27.6 Å². The minimum Gasteiger partial charge on any atom is -0.345 e. The number of nitrogens with one attached hydrogen (secondary N) is 2. The maximum atomic E-state index is 13.2.